The first kappa shape index (κ1) is 10.7. The summed E-state index contributed by atoms with van der Waals surface area (Å²) in [6, 6.07) is 21.8. The second-order valence-corrected chi connectivity index (χ2v) is 4.00. The van der Waals surface area contributed by atoms with Gasteiger partial charge < -0.3 is 9.30 Å². The van der Waals surface area contributed by atoms with Gasteiger partial charge in [-0.1, -0.05) is 18.2 Å². The fraction of sp³-hybridized carbons (Fsp3) is 0. The van der Waals surface area contributed by atoms with E-state index in [9.17, 15) is 0 Å². The number of hydrogen-bond donors (Lipinski definition) is 0. The number of rotatable bonds is 3. The van der Waals surface area contributed by atoms with Crippen LogP contribution in [0.4, 0.5) is 0 Å². The lowest BCUT2D eigenvalue weighted by molar-refractivity contribution is 0.482. The highest BCUT2D eigenvalue weighted by atomic mass is 16.5. The highest BCUT2D eigenvalue weighted by Gasteiger charge is 1.98. The number of ether oxygens (including phenoxy) is 1. The highest BCUT2D eigenvalue weighted by Crippen LogP contribution is 2.22. The van der Waals surface area contributed by atoms with Crippen molar-refractivity contribution in [3.8, 4) is 17.2 Å². The molecule has 0 bridgehead atoms. The van der Waals surface area contributed by atoms with Gasteiger partial charge in [-0.3, -0.25) is 0 Å². The molecule has 0 saturated heterocycles. The van der Waals surface area contributed by atoms with Crippen molar-refractivity contribution in [3.63, 3.8) is 0 Å². The van der Waals surface area contributed by atoms with Crippen LogP contribution < -0.4 is 4.74 Å². The van der Waals surface area contributed by atoms with Gasteiger partial charge in [0.05, 0.1) is 0 Å². The molecule has 0 aliphatic heterocycles. The van der Waals surface area contributed by atoms with Crippen LogP contribution in [0.3, 0.4) is 0 Å². The van der Waals surface area contributed by atoms with E-state index >= 15 is 0 Å². The van der Waals surface area contributed by atoms with Crippen molar-refractivity contribution in [1.82, 2.24) is 4.57 Å². The Morgan fingerprint density at radius 3 is 1.89 bits per heavy atom. The third kappa shape index (κ3) is 2.28. The minimum atomic E-state index is 0.845. The number of benzene rings is 2. The third-order valence-electron chi connectivity index (χ3n) is 2.72. The molecule has 0 aliphatic carbocycles. The maximum Gasteiger partial charge on any atom is 0.127 e. The topological polar surface area (TPSA) is 14.2 Å². The summed E-state index contributed by atoms with van der Waals surface area (Å²) in [5.74, 6) is 1.70. The summed E-state index contributed by atoms with van der Waals surface area (Å²) in [4.78, 5) is 0. The molecule has 88 valence electrons. The van der Waals surface area contributed by atoms with Gasteiger partial charge in [0.2, 0.25) is 0 Å². The molecule has 0 atom stereocenters. The maximum absolute atomic E-state index is 5.74. The fourth-order valence-electron chi connectivity index (χ4n) is 1.82. The summed E-state index contributed by atoms with van der Waals surface area (Å²) in [7, 11) is 0. The van der Waals surface area contributed by atoms with E-state index in [2.05, 4.69) is 4.57 Å². The van der Waals surface area contributed by atoms with Crippen molar-refractivity contribution < 1.29 is 4.74 Å². The predicted molar refractivity (Wildman–Crippen MR) is 72.3 cm³/mol. The molecule has 2 nitrogen and oxygen atoms in total. The first-order valence-electron chi connectivity index (χ1n) is 5.88. The SMILES string of the molecule is c1ccc(Oc2ccc(-n3cccc3)cc2)cc1. The average Bonchev–Trinajstić information content (AvgIpc) is 2.95. The Balaban J connectivity index is 1.80. The van der Waals surface area contributed by atoms with Gasteiger partial charge in [-0.25, -0.2) is 0 Å². The van der Waals surface area contributed by atoms with Crippen molar-refractivity contribution in [3.05, 3.63) is 79.1 Å². The van der Waals surface area contributed by atoms with Crippen molar-refractivity contribution in [1.29, 1.82) is 0 Å². The molecule has 0 radical (unpaired) electrons. The first-order valence-corrected chi connectivity index (χ1v) is 5.88. The summed E-state index contributed by atoms with van der Waals surface area (Å²) in [5.41, 5.74) is 1.13. The molecule has 0 aliphatic rings. The van der Waals surface area contributed by atoms with E-state index in [0.29, 0.717) is 0 Å². The Hall–Kier alpha value is -2.48. The largest absolute Gasteiger partial charge is 0.457 e. The van der Waals surface area contributed by atoms with Crippen LogP contribution >= 0.6 is 0 Å². The van der Waals surface area contributed by atoms with E-state index in [-0.39, 0.29) is 0 Å². The van der Waals surface area contributed by atoms with Gasteiger partial charge in [-0.15, -0.1) is 0 Å². The second-order valence-electron chi connectivity index (χ2n) is 4.00. The van der Waals surface area contributed by atoms with Crippen molar-refractivity contribution >= 4 is 0 Å². The first-order chi connectivity index (χ1) is 8.92. The summed E-state index contributed by atoms with van der Waals surface area (Å²) in [6.07, 6.45) is 4.04. The Morgan fingerprint density at radius 2 is 1.22 bits per heavy atom. The normalized spacial score (nSPS) is 10.2. The smallest absolute Gasteiger partial charge is 0.127 e. The van der Waals surface area contributed by atoms with Crippen molar-refractivity contribution in [2.45, 2.75) is 0 Å². The van der Waals surface area contributed by atoms with Crippen LogP contribution in [-0.2, 0) is 0 Å². The van der Waals surface area contributed by atoms with Gasteiger partial charge in [-0.05, 0) is 48.5 Å². The molecule has 2 aromatic carbocycles. The summed E-state index contributed by atoms with van der Waals surface area (Å²) >= 11 is 0. The van der Waals surface area contributed by atoms with Gasteiger partial charge in [0.15, 0.2) is 0 Å². The van der Waals surface area contributed by atoms with Gasteiger partial charge in [0, 0.05) is 18.1 Å². The molecular weight excluding hydrogens is 222 g/mol. The molecule has 2 heteroatoms. The van der Waals surface area contributed by atoms with E-state index in [0.717, 1.165) is 17.2 Å². The molecule has 1 aromatic heterocycles. The van der Waals surface area contributed by atoms with Gasteiger partial charge >= 0.3 is 0 Å². The Kier molecular flexibility index (Phi) is 2.84. The van der Waals surface area contributed by atoms with E-state index < -0.39 is 0 Å². The van der Waals surface area contributed by atoms with Crippen molar-refractivity contribution in [2.75, 3.05) is 0 Å². The molecule has 0 amide bonds. The zero-order chi connectivity index (χ0) is 12.2. The number of nitrogens with zero attached hydrogens (tertiary/aromatic N) is 1. The van der Waals surface area contributed by atoms with E-state index in [1.165, 1.54) is 0 Å². The molecule has 0 spiro atoms. The summed E-state index contributed by atoms with van der Waals surface area (Å²) in [6.45, 7) is 0. The van der Waals surface area contributed by atoms with Crippen LogP contribution in [0.2, 0.25) is 0 Å². The minimum absolute atomic E-state index is 0.845. The van der Waals surface area contributed by atoms with E-state index in [1.807, 2.05) is 79.1 Å². The quantitative estimate of drug-likeness (QED) is 0.661. The number of hydrogen-bond acceptors (Lipinski definition) is 1. The van der Waals surface area contributed by atoms with E-state index in [4.69, 9.17) is 4.74 Å². The van der Waals surface area contributed by atoms with Crippen LogP contribution in [0, 0.1) is 0 Å². The van der Waals surface area contributed by atoms with Gasteiger partial charge in [0.25, 0.3) is 0 Å². The Morgan fingerprint density at radius 1 is 0.611 bits per heavy atom. The fourth-order valence-corrected chi connectivity index (χ4v) is 1.82. The molecular formula is C16H13NO. The van der Waals surface area contributed by atoms with Crippen LogP contribution in [0.5, 0.6) is 11.5 Å². The van der Waals surface area contributed by atoms with E-state index in [1.54, 1.807) is 0 Å². The van der Waals surface area contributed by atoms with Crippen LogP contribution in [-0.4, -0.2) is 4.57 Å². The number of para-hydroxylation sites is 1. The Bertz CT molecular complexity index is 597. The minimum Gasteiger partial charge on any atom is -0.457 e. The molecule has 1 heterocycles. The standard InChI is InChI=1S/C16H13NO/c1-2-6-15(7-3-1)18-16-10-8-14(9-11-16)17-12-4-5-13-17/h1-13H. The lowest BCUT2D eigenvalue weighted by Gasteiger charge is -2.07. The van der Waals surface area contributed by atoms with Crippen LogP contribution in [0.1, 0.15) is 0 Å². The molecule has 3 rings (SSSR count). The van der Waals surface area contributed by atoms with Crippen molar-refractivity contribution in [2.24, 2.45) is 0 Å². The zero-order valence-electron chi connectivity index (χ0n) is 9.86. The highest BCUT2D eigenvalue weighted by molar-refractivity contribution is 5.39. The van der Waals surface area contributed by atoms with Gasteiger partial charge in [0.1, 0.15) is 11.5 Å². The van der Waals surface area contributed by atoms with Gasteiger partial charge in [-0.2, -0.15) is 0 Å². The molecule has 18 heavy (non-hydrogen) atoms. The summed E-state index contributed by atoms with van der Waals surface area (Å²) < 4.78 is 7.80. The number of aromatic nitrogens is 1. The molecule has 0 saturated carbocycles. The van der Waals surface area contributed by atoms with Crippen LogP contribution in [0.25, 0.3) is 5.69 Å². The maximum atomic E-state index is 5.74. The average molecular weight is 235 g/mol. The molecule has 0 unspecified atom stereocenters. The monoisotopic (exact) mass is 235 g/mol. The lowest BCUT2D eigenvalue weighted by atomic mass is 10.3. The molecule has 0 fully saturated rings. The lowest BCUT2D eigenvalue weighted by Crippen LogP contribution is -1.89. The molecule has 3 aromatic rings. The second kappa shape index (κ2) is 4.80. The van der Waals surface area contributed by atoms with Crippen LogP contribution in [0.15, 0.2) is 79.1 Å². The zero-order valence-corrected chi connectivity index (χ0v) is 9.86. The Labute approximate surface area is 106 Å². The predicted octanol–water partition coefficient (Wildman–Crippen LogP) is 4.27. The third-order valence-corrected chi connectivity index (χ3v) is 2.72. The summed E-state index contributed by atoms with van der Waals surface area (Å²) in [5, 5.41) is 0. The molecule has 0 N–H and O–H groups in total.